The second-order valence-electron chi connectivity index (χ2n) is 4.12. The van der Waals surface area contributed by atoms with Crippen LogP contribution in [0.1, 0.15) is 11.3 Å². The fraction of sp³-hybridized carbons (Fsp3) is 0.250. The van der Waals surface area contributed by atoms with E-state index in [0.717, 1.165) is 32.8 Å². The van der Waals surface area contributed by atoms with Gasteiger partial charge >= 0.3 is 0 Å². The molecule has 0 radical (unpaired) electrons. The van der Waals surface area contributed by atoms with E-state index in [4.69, 9.17) is 5.73 Å². The molecule has 1 heterocycles. The van der Waals surface area contributed by atoms with Crippen molar-refractivity contribution in [1.29, 1.82) is 0 Å². The molecule has 90 valence electrons. The van der Waals surface area contributed by atoms with E-state index < -0.39 is 0 Å². The van der Waals surface area contributed by atoms with Crippen LogP contribution in [-0.4, -0.2) is 9.78 Å². The predicted octanol–water partition coefficient (Wildman–Crippen LogP) is 3.13. The van der Waals surface area contributed by atoms with Crippen molar-refractivity contribution in [1.82, 2.24) is 9.78 Å². The lowest BCUT2D eigenvalue weighted by atomic mass is 10.2. The lowest BCUT2D eigenvalue weighted by Crippen LogP contribution is -1.96. The van der Waals surface area contributed by atoms with E-state index in [1.165, 1.54) is 0 Å². The van der Waals surface area contributed by atoms with Gasteiger partial charge in [-0.05, 0) is 47.5 Å². The number of hydrogen-bond donors (Lipinski definition) is 2. The van der Waals surface area contributed by atoms with Crippen LogP contribution in [0.2, 0.25) is 0 Å². The molecule has 0 fully saturated rings. The summed E-state index contributed by atoms with van der Waals surface area (Å²) in [7, 11) is 1.90. The van der Waals surface area contributed by atoms with Gasteiger partial charge in [0.1, 0.15) is 0 Å². The van der Waals surface area contributed by atoms with Crippen molar-refractivity contribution in [3.05, 3.63) is 34.1 Å². The van der Waals surface area contributed by atoms with Crippen molar-refractivity contribution < 1.29 is 0 Å². The van der Waals surface area contributed by atoms with Crippen molar-refractivity contribution in [3.8, 4) is 0 Å². The van der Waals surface area contributed by atoms with Crippen molar-refractivity contribution in [2.75, 3.05) is 11.1 Å². The average molecular weight is 295 g/mol. The average Bonchev–Trinajstić information content (AvgIpc) is 2.54. The molecule has 0 aliphatic rings. The minimum Gasteiger partial charge on any atom is -0.398 e. The van der Waals surface area contributed by atoms with Gasteiger partial charge in [-0.25, -0.2) is 0 Å². The molecule has 0 atom stereocenters. The van der Waals surface area contributed by atoms with Crippen molar-refractivity contribution >= 4 is 33.0 Å². The number of hydrogen-bond acceptors (Lipinski definition) is 3. The molecule has 2 rings (SSSR count). The maximum absolute atomic E-state index is 5.84. The van der Waals surface area contributed by atoms with Gasteiger partial charge in [0.15, 0.2) is 0 Å². The van der Waals surface area contributed by atoms with Crippen LogP contribution in [0.15, 0.2) is 22.8 Å². The molecule has 0 aliphatic carbocycles. The maximum Gasteiger partial charge on any atom is 0.0828 e. The molecule has 0 saturated heterocycles. The number of aromatic nitrogens is 2. The van der Waals surface area contributed by atoms with Gasteiger partial charge in [-0.15, -0.1) is 0 Å². The SMILES string of the molecule is Cc1cc(Nc2cn(C)nc2C)c(Br)cc1N. The Balaban J connectivity index is 2.36. The number of nitrogen functional groups attached to an aromatic ring is 1. The Kier molecular flexibility index (Phi) is 3.11. The third kappa shape index (κ3) is 2.44. The highest BCUT2D eigenvalue weighted by atomic mass is 79.9. The van der Waals surface area contributed by atoms with Crippen LogP contribution >= 0.6 is 15.9 Å². The summed E-state index contributed by atoms with van der Waals surface area (Å²) in [5.74, 6) is 0. The first-order valence-electron chi connectivity index (χ1n) is 5.30. The molecule has 5 heteroatoms. The van der Waals surface area contributed by atoms with Gasteiger partial charge in [0, 0.05) is 23.4 Å². The Bertz CT molecular complexity index is 560. The largest absolute Gasteiger partial charge is 0.398 e. The zero-order valence-corrected chi connectivity index (χ0v) is 11.7. The van der Waals surface area contributed by atoms with Crippen LogP contribution in [0, 0.1) is 13.8 Å². The lowest BCUT2D eigenvalue weighted by Gasteiger charge is -2.10. The quantitative estimate of drug-likeness (QED) is 0.837. The first kappa shape index (κ1) is 12.0. The fourth-order valence-electron chi connectivity index (χ4n) is 1.66. The zero-order chi connectivity index (χ0) is 12.6. The summed E-state index contributed by atoms with van der Waals surface area (Å²) in [6.45, 7) is 3.96. The van der Waals surface area contributed by atoms with Crippen molar-refractivity contribution in [3.63, 3.8) is 0 Å². The van der Waals surface area contributed by atoms with Crippen molar-refractivity contribution in [2.45, 2.75) is 13.8 Å². The first-order valence-corrected chi connectivity index (χ1v) is 6.09. The second-order valence-corrected chi connectivity index (χ2v) is 4.97. The smallest absolute Gasteiger partial charge is 0.0828 e. The standard InChI is InChI=1S/C12H15BrN4/c1-7-4-11(9(13)5-10(7)14)15-12-6-17(3)16-8(12)2/h4-6,15H,14H2,1-3H3. The molecule has 0 aliphatic heterocycles. The van der Waals surface area contributed by atoms with E-state index in [-0.39, 0.29) is 0 Å². The molecule has 2 aromatic rings. The van der Waals surface area contributed by atoms with Gasteiger partial charge in [-0.3, -0.25) is 4.68 Å². The van der Waals surface area contributed by atoms with Gasteiger partial charge in [-0.2, -0.15) is 5.10 Å². The van der Waals surface area contributed by atoms with Crippen LogP contribution in [0.5, 0.6) is 0 Å². The number of halogens is 1. The van der Waals surface area contributed by atoms with Crippen LogP contribution in [0.25, 0.3) is 0 Å². The molecule has 0 spiro atoms. The number of rotatable bonds is 2. The highest BCUT2D eigenvalue weighted by Gasteiger charge is 2.07. The Morgan fingerprint density at radius 1 is 1.29 bits per heavy atom. The summed E-state index contributed by atoms with van der Waals surface area (Å²) in [4.78, 5) is 0. The third-order valence-electron chi connectivity index (χ3n) is 2.64. The number of nitrogens with zero attached hydrogens (tertiary/aromatic N) is 2. The Morgan fingerprint density at radius 3 is 2.59 bits per heavy atom. The molecule has 4 nitrogen and oxygen atoms in total. The monoisotopic (exact) mass is 294 g/mol. The predicted molar refractivity (Wildman–Crippen MR) is 74.5 cm³/mol. The molecule has 0 saturated carbocycles. The van der Waals surface area contributed by atoms with Gasteiger partial charge in [-0.1, -0.05) is 0 Å². The number of benzene rings is 1. The summed E-state index contributed by atoms with van der Waals surface area (Å²) in [6, 6.07) is 3.93. The number of nitrogens with two attached hydrogens (primary N) is 1. The number of nitrogens with one attached hydrogen (secondary N) is 1. The highest BCUT2D eigenvalue weighted by Crippen LogP contribution is 2.30. The summed E-state index contributed by atoms with van der Waals surface area (Å²) in [5, 5.41) is 7.63. The highest BCUT2D eigenvalue weighted by molar-refractivity contribution is 9.10. The van der Waals surface area contributed by atoms with Crippen molar-refractivity contribution in [2.24, 2.45) is 7.05 Å². The topological polar surface area (TPSA) is 55.9 Å². The van der Waals surface area contributed by atoms with Crippen LogP contribution in [0.4, 0.5) is 17.1 Å². The fourth-order valence-corrected chi connectivity index (χ4v) is 2.12. The minimum absolute atomic E-state index is 0.783. The normalized spacial score (nSPS) is 10.6. The molecule has 3 N–H and O–H groups in total. The summed E-state index contributed by atoms with van der Waals surface area (Å²) >= 11 is 3.50. The Labute approximate surface area is 109 Å². The van der Waals surface area contributed by atoms with Crippen LogP contribution in [0.3, 0.4) is 0 Å². The second kappa shape index (κ2) is 4.41. The molecular formula is C12H15BrN4. The number of anilines is 3. The number of aryl methyl sites for hydroxylation is 3. The molecular weight excluding hydrogens is 280 g/mol. The zero-order valence-electron chi connectivity index (χ0n) is 10.1. The van der Waals surface area contributed by atoms with E-state index >= 15 is 0 Å². The van der Waals surface area contributed by atoms with E-state index in [2.05, 4.69) is 26.3 Å². The van der Waals surface area contributed by atoms with Crippen LogP contribution < -0.4 is 11.1 Å². The van der Waals surface area contributed by atoms with E-state index in [1.54, 1.807) is 4.68 Å². The van der Waals surface area contributed by atoms with E-state index in [1.807, 2.05) is 39.2 Å². The third-order valence-corrected chi connectivity index (χ3v) is 3.29. The lowest BCUT2D eigenvalue weighted by molar-refractivity contribution is 0.756. The van der Waals surface area contributed by atoms with Gasteiger partial charge in [0.25, 0.3) is 0 Å². The maximum atomic E-state index is 5.84. The molecule has 0 unspecified atom stereocenters. The van der Waals surface area contributed by atoms with Gasteiger partial charge in [0.05, 0.1) is 17.1 Å². The minimum atomic E-state index is 0.783. The first-order chi connectivity index (χ1) is 7.97. The molecule has 1 aromatic heterocycles. The molecule has 1 aromatic carbocycles. The van der Waals surface area contributed by atoms with E-state index in [0.29, 0.717) is 0 Å². The Morgan fingerprint density at radius 2 is 2.00 bits per heavy atom. The van der Waals surface area contributed by atoms with Crippen LogP contribution in [-0.2, 0) is 7.05 Å². The molecule has 17 heavy (non-hydrogen) atoms. The van der Waals surface area contributed by atoms with Gasteiger partial charge < -0.3 is 11.1 Å². The summed E-state index contributed by atoms with van der Waals surface area (Å²) < 4.78 is 2.74. The summed E-state index contributed by atoms with van der Waals surface area (Å²) in [6.07, 6.45) is 1.95. The summed E-state index contributed by atoms with van der Waals surface area (Å²) in [5.41, 5.74) is 10.6. The molecule has 0 amide bonds. The molecule has 0 bridgehead atoms. The Hall–Kier alpha value is -1.49. The van der Waals surface area contributed by atoms with Gasteiger partial charge in [0.2, 0.25) is 0 Å². The van der Waals surface area contributed by atoms with E-state index in [9.17, 15) is 0 Å².